The molecule has 0 aliphatic carbocycles. The van der Waals surface area contributed by atoms with Crippen LogP contribution in [0.1, 0.15) is 12.5 Å². The number of H-pyrrole nitrogens is 1. The lowest BCUT2D eigenvalue weighted by Gasteiger charge is -2.03. The normalized spacial score (nSPS) is 11.5. The Labute approximate surface area is 77.0 Å². The first kappa shape index (κ1) is 10.1. The van der Waals surface area contributed by atoms with Gasteiger partial charge in [0.05, 0.1) is 7.11 Å². The Kier molecular flexibility index (Phi) is 2.94. The fourth-order valence-corrected chi connectivity index (χ4v) is 1.31. The molecule has 0 bridgehead atoms. The van der Waals surface area contributed by atoms with E-state index in [1.807, 2.05) is 6.92 Å². The molecule has 1 N–H and O–H groups in total. The molecule has 74 valence electrons. The SMILES string of the molecule is CCc1cc[nH]c1OS(=O)(=O)OC. The maximum atomic E-state index is 10.9. The molecule has 1 rings (SSSR count). The van der Waals surface area contributed by atoms with E-state index in [-0.39, 0.29) is 5.88 Å². The summed E-state index contributed by atoms with van der Waals surface area (Å²) in [5.41, 5.74) is 0.792. The van der Waals surface area contributed by atoms with Gasteiger partial charge in [0.25, 0.3) is 0 Å². The number of hydrogen-bond donors (Lipinski definition) is 1. The molecular weight excluding hydrogens is 194 g/mol. The Morgan fingerprint density at radius 2 is 2.23 bits per heavy atom. The smallest absolute Gasteiger partial charge is 0.343 e. The Bertz CT molecular complexity index is 368. The predicted molar refractivity (Wildman–Crippen MR) is 46.7 cm³/mol. The maximum Gasteiger partial charge on any atom is 0.450 e. The van der Waals surface area contributed by atoms with Crippen molar-refractivity contribution < 1.29 is 16.8 Å². The van der Waals surface area contributed by atoms with Crippen LogP contribution in [0.4, 0.5) is 0 Å². The number of hydrogen-bond acceptors (Lipinski definition) is 4. The fourth-order valence-electron chi connectivity index (χ4n) is 0.878. The Morgan fingerprint density at radius 3 is 2.77 bits per heavy atom. The molecule has 1 aromatic rings. The Balaban J connectivity index is 2.86. The van der Waals surface area contributed by atoms with Gasteiger partial charge in [-0.15, -0.1) is 0 Å². The summed E-state index contributed by atoms with van der Waals surface area (Å²) in [7, 11) is -2.86. The fraction of sp³-hybridized carbons (Fsp3) is 0.429. The first-order chi connectivity index (χ1) is 6.09. The van der Waals surface area contributed by atoms with Gasteiger partial charge in [-0.1, -0.05) is 6.92 Å². The van der Waals surface area contributed by atoms with Gasteiger partial charge in [-0.3, -0.25) is 0 Å². The minimum absolute atomic E-state index is 0.212. The zero-order chi connectivity index (χ0) is 9.90. The van der Waals surface area contributed by atoms with Gasteiger partial charge in [0.15, 0.2) is 0 Å². The first-order valence-corrected chi connectivity index (χ1v) is 5.08. The highest BCUT2D eigenvalue weighted by Gasteiger charge is 2.14. The van der Waals surface area contributed by atoms with E-state index in [2.05, 4.69) is 13.4 Å². The third-order valence-electron chi connectivity index (χ3n) is 1.56. The Morgan fingerprint density at radius 1 is 1.54 bits per heavy atom. The zero-order valence-corrected chi connectivity index (χ0v) is 8.22. The minimum Gasteiger partial charge on any atom is -0.343 e. The standard InChI is InChI=1S/C7H11NO4S/c1-3-6-4-5-8-7(6)12-13(9,10)11-2/h4-5,8H,3H2,1-2H3. The summed E-state index contributed by atoms with van der Waals surface area (Å²) in [5.74, 6) is 0.212. The maximum absolute atomic E-state index is 10.9. The average molecular weight is 205 g/mol. The molecule has 0 aliphatic heterocycles. The molecule has 0 aromatic carbocycles. The summed E-state index contributed by atoms with van der Waals surface area (Å²) in [5, 5.41) is 0. The summed E-state index contributed by atoms with van der Waals surface area (Å²) < 4.78 is 30.5. The van der Waals surface area contributed by atoms with Gasteiger partial charge in [0.1, 0.15) is 0 Å². The van der Waals surface area contributed by atoms with Crippen LogP contribution < -0.4 is 4.18 Å². The van der Waals surface area contributed by atoms with Crippen molar-refractivity contribution in [2.45, 2.75) is 13.3 Å². The second-order valence-electron chi connectivity index (χ2n) is 2.34. The van der Waals surface area contributed by atoms with Gasteiger partial charge in [-0.05, 0) is 12.5 Å². The molecule has 0 unspecified atom stereocenters. The van der Waals surface area contributed by atoms with Crippen molar-refractivity contribution >= 4 is 10.4 Å². The van der Waals surface area contributed by atoms with Crippen LogP contribution in [0.3, 0.4) is 0 Å². The molecule has 0 aliphatic rings. The number of aromatic nitrogens is 1. The van der Waals surface area contributed by atoms with Gasteiger partial charge >= 0.3 is 10.4 Å². The van der Waals surface area contributed by atoms with Crippen molar-refractivity contribution in [3.8, 4) is 5.88 Å². The van der Waals surface area contributed by atoms with Crippen LogP contribution in [0.15, 0.2) is 12.3 Å². The van der Waals surface area contributed by atoms with E-state index in [1.54, 1.807) is 12.3 Å². The lowest BCUT2D eigenvalue weighted by Crippen LogP contribution is -2.11. The van der Waals surface area contributed by atoms with Crippen molar-refractivity contribution in [3.05, 3.63) is 17.8 Å². The number of aromatic amines is 1. The third kappa shape index (κ3) is 2.46. The summed E-state index contributed by atoms with van der Waals surface area (Å²) in [6.45, 7) is 1.90. The van der Waals surface area contributed by atoms with Crippen molar-refractivity contribution in [1.82, 2.24) is 4.98 Å². The van der Waals surface area contributed by atoms with Crippen LogP contribution in [-0.4, -0.2) is 20.5 Å². The van der Waals surface area contributed by atoms with Gasteiger partial charge in [0, 0.05) is 11.8 Å². The topological polar surface area (TPSA) is 68.4 Å². The molecular formula is C7H11NO4S. The lowest BCUT2D eigenvalue weighted by molar-refractivity contribution is 0.326. The minimum atomic E-state index is -3.91. The summed E-state index contributed by atoms with van der Waals surface area (Å²) in [6, 6.07) is 1.75. The third-order valence-corrected chi connectivity index (χ3v) is 2.34. The van der Waals surface area contributed by atoms with E-state index < -0.39 is 10.4 Å². The van der Waals surface area contributed by atoms with Crippen LogP contribution in [0, 0.1) is 0 Å². The largest absolute Gasteiger partial charge is 0.450 e. The highest BCUT2D eigenvalue weighted by Crippen LogP contribution is 2.17. The van der Waals surface area contributed by atoms with Crippen molar-refractivity contribution in [2.24, 2.45) is 0 Å². The quantitative estimate of drug-likeness (QED) is 0.791. The number of nitrogens with one attached hydrogen (secondary N) is 1. The predicted octanol–water partition coefficient (Wildman–Crippen LogP) is 0.847. The van der Waals surface area contributed by atoms with Crippen LogP contribution in [0.2, 0.25) is 0 Å². The molecule has 0 amide bonds. The summed E-state index contributed by atoms with van der Waals surface area (Å²) in [4.78, 5) is 2.67. The lowest BCUT2D eigenvalue weighted by atomic mass is 10.3. The molecule has 0 fully saturated rings. The van der Waals surface area contributed by atoms with Gasteiger partial charge in [-0.25, -0.2) is 4.18 Å². The summed E-state index contributed by atoms with van der Waals surface area (Å²) >= 11 is 0. The van der Waals surface area contributed by atoms with E-state index in [0.717, 1.165) is 12.7 Å². The monoisotopic (exact) mass is 205 g/mol. The van der Waals surface area contributed by atoms with Crippen LogP contribution in [0.25, 0.3) is 0 Å². The molecule has 6 heteroatoms. The average Bonchev–Trinajstić information content (AvgIpc) is 2.51. The van der Waals surface area contributed by atoms with E-state index in [9.17, 15) is 8.42 Å². The molecule has 0 saturated heterocycles. The van der Waals surface area contributed by atoms with Crippen molar-refractivity contribution in [3.63, 3.8) is 0 Å². The molecule has 1 heterocycles. The van der Waals surface area contributed by atoms with E-state index in [1.165, 1.54) is 0 Å². The molecule has 0 saturated carbocycles. The molecule has 0 spiro atoms. The molecule has 1 aromatic heterocycles. The Hall–Kier alpha value is -1.01. The number of aryl methyl sites for hydroxylation is 1. The van der Waals surface area contributed by atoms with Crippen molar-refractivity contribution in [1.29, 1.82) is 0 Å². The summed E-state index contributed by atoms with van der Waals surface area (Å²) in [6.07, 6.45) is 2.30. The van der Waals surface area contributed by atoms with Crippen LogP contribution in [0.5, 0.6) is 5.88 Å². The van der Waals surface area contributed by atoms with E-state index in [0.29, 0.717) is 6.42 Å². The van der Waals surface area contributed by atoms with Gasteiger partial charge < -0.3 is 9.17 Å². The van der Waals surface area contributed by atoms with Crippen LogP contribution in [-0.2, 0) is 21.0 Å². The first-order valence-electron chi connectivity index (χ1n) is 3.75. The number of rotatable bonds is 4. The highest BCUT2D eigenvalue weighted by atomic mass is 32.3. The zero-order valence-electron chi connectivity index (χ0n) is 7.40. The second-order valence-corrected chi connectivity index (χ2v) is 3.66. The van der Waals surface area contributed by atoms with E-state index >= 15 is 0 Å². The molecule has 5 nitrogen and oxygen atoms in total. The van der Waals surface area contributed by atoms with Crippen molar-refractivity contribution in [2.75, 3.05) is 7.11 Å². The van der Waals surface area contributed by atoms with Gasteiger partial charge in [0.2, 0.25) is 5.88 Å². The van der Waals surface area contributed by atoms with Crippen LogP contribution >= 0.6 is 0 Å². The highest BCUT2D eigenvalue weighted by molar-refractivity contribution is 7.82. The molecule has 0 radical (unpaired) electrons. The molecule has 13 heavy (non-hydrogen) atoms. The van der Waals surface area contributed by atoms with E-state index in [4.69, 9.17) is 0 Å². The molecule has 0 atom stereocenters. The second kappa shape index (κ2) is 3.80. The van der Waals surface area contributed by atoms with Gasteiger partial charge in [-0.2, -0.15) is 8.42 Å².